The maximum absolute atomic E-state index is 5.79. The Morgan fingerprint density at radius 2 is 1.86 bits per heavy atom. The van der Waals surface area contributed by atoms with E-state index in [2.05, 4.69) is 34.4 Å². The molecule has 0 amide bonds. The maximum Gasteiger partial charge on any atom is 0.229 e. The van der Waals surface area contributed by atoms with Crippen LogP contribution in [0.3, 0.4) is 0 Å². The fraction of sp³-hybridized carbons (Fsp3) is 0.412. The van der Waals surface area contributed by atoms with Crippen LogP contribution >= 0.6 is 0 Å². The Hall–Kier alpha value is -2.30. The average Bonchev–Trinajstić information content (AvgIpc) is 2.47. The van der Waals surface area contributed by atoms with Crippen LogP contribution in [0.1, 0.15) is 27.7 Å². The summed E-state index contributed by atoms with van der Waals surface area (Å²) in [5.74, 6) is 2.72. The van der Waals surface area contributed by atoms with Gasteiger partial charge in [-0.15, -0.1) is 0 Å². The number of aromatic nitrogens is 2. The van der Waals surface area contributed by atoms with Crippen LogP contribution in [0.15, 0.2) is 36.5 Å². The molecule has 1 aromatic heterocycles. The molecule has 0 bridgehead atoms. The number of para-hydroxylation sites is 2. The van der Waals surface area contributed by atoms with Crippen LogP contribution in [0.4, 0.5) is 17.5 Å². The van der Waals surface area contributed by atoms with Gasteiger partial charge in [0, 0.05) is 12.7 Å². The molecule has 0 saturated heterocycles. The molecule has 5 nitrogen and oxygen atoms in total. The first-order chi connectivity index (χ1) is 10.5. The summed E-state index contributed by atoms with van der Waals surface area (Å²) in [5, 5.41) is 6.51. The van der Waals surface area contributed by atoms with Crippen LogP contribution in [-0.4, -0.2) is 22.6 Å². The fourth-order valence-corrected chi connectivity index (χ4v) is 1.87. The van der Waals surface area contributed by atoms with E-state index in [1.807, 2.05) is 44.2 Å². The first-order valence-corrected chi connectivity index (χ1v) is 7.64. The molecule has 1 heterocycles. The van der Waals surface area contributed by atoms with Gasteiger partial charge in [-0.2, -0.15) is 4.98 Å². The minimum Gasteiger partial charge on any atom is -0.489 e. The van der Waals surface area contributed by atoms with Crippen molar-refractivity contribution in [2.75, 3.05) is 17.2 Å². The lowest BCUT2D eigenvalue weighted by Crippen LogP contribution is -2.10. The van der Waals surface area contributed by atoms with E-state index >= 15 is 0 Å². The molecule has 0 spiro atoms. The van der Waals surface area contributed by atoms with E-state index in [4.69, 9.17) is 4.74 Å². The van der Waals surface area contributed by atoms with Crippen molar-refractivity contribution >= 4 is 17.5 Å². The molecule has 118 valence electrons. The summed E-state index contributed by atoms with van der Waals surface area (Å²) in [7, 11) is 0. The third kappa shape index (κ3) is 4.91. The zero-order chi connectivity index (χ0) is 15.9. The van der Waals surface area contributed by atoms with Crippen LogP contribution < -0.4 is 15.4 Å². The first kappa shape index (κ1) is 16.1. The van der Waals surface area contributed by atoms with Gasteiger partial charge in [0.2, 0.25) is 5.95 Å². The van der Waals surface area contributed by atoms with Crippen molar-refractivity contribution < 1.29 is 4.74 Å². The summed E-state index contributed by atoms with van der Waals surface area (Å²) in [6, 6.07) is 9.66. The molecular formula is C17H24N4O. The van der Waals surface area contributed by atoms with Gasteiger partial charge in [0.25, 0.3) is 0 Å². The molecule has 0 aliphatic rings. The standard InChI is InChI=1S/C17H24N4O/c1-12(2)11-19-16-9-10-18-17(21-16)20-14-7-5-6-8-15(14)22-13(3)4/h5-10,12-13H,11H2,1-4H3,(H2,18,19,20,21). The van der Waals surface area contributed by atoms with E-state index in [9.17, 15) is 0 Å². The lowest BCUT2D eigenvalue weighted by atomic mass is 10.2. The highest BCUT2D eigenvalue weighted by molar-refractivity contribution is 5.63. The number of benzene rings is 1. The number of nitrogens with zero attached hydrogens (tertiary/aromatic N) is 2. The van der Waals surface area contributed by atoms with Crippen molar-refractivity contribution in [2.24, 2.45) is 5.92 Å². The second-order valence-electron chi connectivity index (χ2n) is 5.83. The van der Waals surface area contributed by atoms with Gasteiger partial charge in [0.05, 0.1) is 11.8 Å². The van der Waals surface area contributed by atoms with Crippen LogP contribution in [0.2, 0.25) is 0 Å². The quantitative estimate of drug-likeness (QED) is 0.807. The highest BCUT2D eigenvalue weighted by Gasteiger charge is 2.07. The van der Waals surface area contributed by atoms with E-state index < -0.39 is 0 Å². The van der Waals surface area contributed by atoms with Gasteiger partial charge in [0.1, 0.15) is 11.6 Å². The second kappa shape index (κ2) is 7.64. The zero-order valence-corrected chi connectivity index (χ0v) is 13.6. The molecule has 0 atom stereocenters. The Balaban J connectivity index is 2.12. The molecule has 0 aliphatic heterocycles. The van der Waals surface area contributed by atoms with Crippen molar-refractivity contribution in [3.63, 3.8) is 0 Å². The van der Waals surface area contributed by atoms with Gasteiger partial charge in [-0.3, -0.25) is 0 Å². The van der Waals surface area contributed by atoms with Gasteiger partial charge >= 0.3 is 0 Å². The van der Waals surface area contributed by atoms with Crippen molar-refractivity contribution in [3.05, 3.63) is 36.5 Å². The molecule has 0 saturated carbocycles. The molecule has 2 N–H and O–H groups in total. The van der Waals surface area contributed by atoms with E-state index in [1.54, 1.807) is 6.20 Å². The number of hydrogen-bond donors (Lipinski definition) is 2. The molecular weight excluding hydrogens is 276 g/mol. The van der Waals surface area contributed by atoms with Crippen molar-refractivity contribution in [1.29, 1.82) is 0 Å². The third-order valence-electron chi connectivity index (χ3n) is 2.84. The lowest BCUT2D eigenvalue weighted by Gasteiger charge is -2.15. The van der Waals surface area contributed by atoms with Gasteiger partial charge < -0.3 is 15.4 Å². The molecule has 2 rings (SSSR count). The summed E-state index contributed by atoms with van der Waals surface area (Å²) < 4.78 is 5.79. The van der Waals surface area contributed by atoms with Gasteiger partial charge in [-0.1, -0.05) is 26.0 Å². The number of nitrogens with one attached hydrogen (secondary N) is 2. The summed E-state index contributed by atoms with van der Waals surface area (Å²) >= 11 is 0. The molecule has 1 aromatic carbocycles. The van der Waals surface area contributed by atoms with Crippen LogP contribution in [0, 0.1) is 5.92 Å². The number of rotatable bonds is 7. The van der Waals surface area contributed by atoms with Gasteiger partial charge in [0.15, 0.2) is 0 Å². The Kier molecular flexibility index (Phi) is 5.58. The van der Waals surface area contributed by atoms with E-state index in [1.165, 1.54) is 0 Å². The number of ether oxygens (including phenoxy) is 1. The highest BCUT2D eigenvalue weighted by atomic mass is 16.5. The topological polar surface area (TPSA) is 59.1 Å². The Morgan fingerprint density at radius 1 is 1.09 bits per heavy atom. The third-order valence-corrected chi connectivity index (χ3v) is 2.84. The normalized spacial score (nSPS) is 10.8. The average molecular weight is 300 g/mol. The summed E-state index contributed by atoms with van der Waals surface area (Å²) in [6.07, 6.45) is 1.85. The van der Waals surface area contributed by atoms with E-state index in [0.717, 1.165) is 23.8 Å². The molecule has 0 unspecified atom stereocenters. The predicted molar refractivity (Wildman–Crippen MR) is 90.8 cm³/mol. The Bertz CT molecular complexity index is 599. The molecule has 5 heteroatoms. The smallest absolute Gasteiger partial charge is 0.229 e. The summed E-state index contributed by atoms with van der Waals surface area (Å²) in [4.78, 5) is 8.74. The van der Waals surface area contributed by atoms with Gasteiger partial charge in [-0.25, -0.2) is 4.98 Å². The summed E-state index contributed by atoms with van der Waals surface area (Å²) in [6.45, 7) is 9.21. The monoisotopic (exact) mass is 300 g/mol. The van der Waals surface area contributed by atoms with Gasteiger partial charge in [-0.05, 0) is 38.0 Å². The van der Waals surface area contributed by atoms with Crippen LogP contribution in [0.5, 0.6) is 5.75 Å². The van der Waals surface area contributed by atoms with Crippen molar-refractivity contribution in [1.82, 2.24) is 9.97 Å². The van der Waals surface area contributed by atoms with Crippen LogP contribution in [-0.2, 0) is 0 Å². The second-order valence-corrected chi connectivity index (χ2v) is 5.83. The SMILES string of the molecule is CC(C)CNc1ccnc(Nc2ccccc2OC(C)C)n1. The largest absolute Gasteiger partial charge is 0.489 e. The molecule has 22 heavy (non-hydrogen) atoms. The predicted octanol–water partition coefficient (Wildman–Crippen LogP) is 4.08. The molecule has 0 aliphatic carbocycles. The number of hydrogen-bond acceptors (Lipinski definition) is 5. The summed E-state index contributed by atoms with van der Waals surface area (Å²) in [5.41, 5.74) is 0.859. The minimum atomic E-state index is 0.114. The van der Waals surface area contributed by atoms with Crippen LogP contribution in [0.25, 0.3) is 0 Å². The number of anilines is 3. The lowest BCUT2D eigenvalue weighted by molar-refractivity contribution is 0.244. The van der Waals surface area contributed by atoms with E-state index in [0.29, 0.717) is 11.9 Å². The van der Waals surface area contributed by atoms with Crippen molar-refractivity contribution in [3.8, 4) is 5.75 Å². The highest BCUT2D eigenvalue weighted by Crippen LogP contribution is 2.27. The Labute approximate surface area is 132 Å². The first-order valence-electron chi connectivity index (χ1n) is 7.64. The van der Waals surface area contributed by atoms with E-state index in [-0.39, 0.29) is 6.10 Å². The molecule has 0 fully saturated rings. The van der Waals surface area contributed by atoms with Crippen molar-refractivity contribution in [2.45, 2.75) is 33.8 Å². The maximum atomic E-state index is 5.79. The Morgan fingerprint density at radius 3 is 2.59 bits per heavy atom. The zero-order valence-electron chi connectivity index (χ0n) is 13.6. The molecule has 2 aromatic rings. The molecule has 0 radical (unpaired) electrons. The fourth-order valence-electron chi connectivity index (χ4n) is 1.87. The minimum absolute atomic E-state index is 0.114.